The van der Waals surface area contributed by atoms with Crippen molar-refractivity contribution in [2.75, 3.05) is 43.5 Å². The monoisotopic (exact) mass is 435 g/mol. The standard InChI is InChI=1S/C23H22ClN5O2/c1-31-18-7-5-17(6-8-18)25-23(30)28-13-11-27(12-14-28)22-21-3-2-10-29(21)20-9-4-16(24)15-19(20)26-22/h2-10,15H,11-14H2,1H3,(H,25,30). The first kappa shape index (κ1) is 19.5. The normalized spacial score (nSPS) is 14.3. The van der Waals surface area contributed by atoms with Crippen molar-refractivity contribution in [1.82, 2.24) is 14.3 Å². The van der Waals surface area contributed by atoms with Crippen molar-refractivity contribution in [3.8, 4) is 5.75 Å². The molecule has 31 heavy (non-hydrogen) atoms. The summed E-state index contributed by atoms with van der Waals surface area (Å²) in [5.74, 6) is 1.67. The summed E-state index contributed by atoms with van der Waals surface area (Å²) in [6.07, 6.45) is 2.04. The Balaban J connectivity index is 1.32. The lowest BCUT2D eigenvalue weighted by Crippen LogP contribution is -2.50. The van der Waals surface area contributed by atoms with E-state index < -0.39 is 0 Å². The van der Waals surface area contributed by atoms with E-state index in [9.17, 15) is 4.79 Å². The van der Waals surface area contributed by atoms with Gasteiger partial charge in [-0.3, -0.25) is 0 Å². The van der Waals surface area contributed by atoms with Crippen LogP contribution in [0, 0.1) is 0 Å². The van der Waals surface area contributed by atoms with Crippen molar-refractivity contribution in [1.29, 1.82) is 0 Å². The molecule has 0 aliphatic carbocycles. The van der Waals surface area contributed by atoms with Crippen molar-refractivity contribution in [2.24, 2.45) is 0 Å². The Labute approximate surface area is 184 Å². The average Bonchev–Trinajstić information content (AvgIpc) is 3.29. The number of hydrogen-bond donors (Lipinski definition) is 1. The highest BCUT2D eigenvalue weighted by atomic mass is 35.5. The zero-order valence-electron chi connectivity index (χ0n) is 17.1. The molecule has 158 valence electrons. The molecule has 3 heterocycles. The van der Waals surface area contributed by atoms with Crippen molar-refractivity contribution < 1.29 is 9.53 Å². The van der Waals surface area contributed by atoms with Crippen LogP contribution in [0.25, 0.3) is 16.6 Å². The molecule has 5 rings (SSSR count). The molecule has 7 nitrogen and oxygen atoms in total. The molecular weight excluding hydrogens is 414 g/mol. The van der Waals surface area contributed by atoms with Gasteiger partial charge in [-0.05, 0) is 54.6 Å². The van der Waals surface area contributed by atoms with Crippen LogP contribution in [-0.4, -0.2) is 53.6 Å². The summed E-state index contributed by atoms with van der Waals surface area (Å²) in [6, 6.07) is 17.1. The fourth-order valence-corrected chi connectivity index (χ4v) is 4.13. The van der Waals surface area contributed by atoms with Crippen LogP contribution in [0.1, 0.15) is 0 Å². The third-order valence-electron chi connectivity index (χ3n) is 5.61. The van der Waals surface area contributed by atoms with Gasteiger partial charge >= 0.3 is 6.03 Å². The number of benzene rings is 2. The van der Waals surface area contributed by atoms with Crippen LogP contribution in [0.2, 0.25) is 5.02 Å². The molecule has 1 N–H and O–H groups in total. The SMILES string of the molecule is COc1ccc(NC(=O)N2CCN(c3nc4cc(Cl)ccc4n4cccc34)CC2)cc1. The highest BCUT2D eigenvalue weighted by Crippen LogP contribution is 2.28. The van der Waals surface area contributed by atoms with Crippen molar-refractivity contribution in [3.05, 3.63) is 65.8 Å². The molecule has 1 aliphatic rings. The van der Waals surface area contributed by atoms with Crippen LogP contribution in [0.3, 0.4) is 0 Å². The van der Waals surface area contributed by atoms with Crippen LogP contribution in [0.4, 0.5) is 16.3 Å². The Morgan fingerprint density at radius 1 is 1.03 bits per heavy atom. The predicted molar refractivity (Wildman–Crippen MR) is 124 cm³/mol. The van der Waals surface area contributed by atoms with Crippen LogP contribution in [0.15, 0.2) is 60.8 Å². The molecule has 2 aromatic carbocycles. The highest BCUT2D eigenvalue weighted by Gasteiger charge is 2.24. The Kier molecular flexibility index (Phi) is 5.03. The predicted octanol–water partition coefficient (Wildman–Crippen LogP) is 4.50. The van der Waals surface area contributed by atoms with Crippen LogP contribution in [0.5, 0.6) is 5.75 Å². The maximum Gasteiger partial charge on any atom is 0.321 e. The van der Waals surface area contributed by atoms with E-state index in [4.69, 9.17) is 21.3 Å². The first-order valence-corrected chi connectivity index (χ1v) is 10.5. The van der Waals surface area contributed by atoms with E-state index >= 15 is 0 Å². The molecule has 0 spiro atoms. The smallest absolute Gasteiger partial charge is 0.321 e. The summed E-state index contributed by atoms with van der Waals surface area (Å²) in [7, 11) is 1.62. The van der Waals surface area contributed by atoms with Gasteiger partial charge in [-0.2, -0.15) is 0 Å². The number of nitrogens with one attached hydrogen (secondary N) is 1. The van der Waals surface area contributed by atoms with Crippen molar-refractivity contribution in [3.63, 3.8) is 0 Å². The second-order valence-electron chi connectivity index (χ2n) is 7.46. The van der Waals surface area contributed by atoms with Gasteiger partial charge in [0.25, 0.3) is 0 Å². The molecule has 0 saturated carbocycles. The summed E-state index contributed by atoms with van der Waals surface area (Å²) in [5, 5.41) is 3.62. The quantitative estimate of drug-likeness (QED) is 0.514. The lowest BCUT2D eigenvalue weighted by molar-refractivity contribution is 0.208. The van der Waals surface area contributed by atoms with Gasteiger partial charge in [-0.1, -0.05) is 11.6 Å². The number of urea groups is 1. The highest BCUT2D eigenvalue weighted by molar-refractivity contribution is 6.31. The topological polar surface area (TPSA) is 62.1 Å². The Hall–Kier alpha value is -3.45. The Morgan fingerprint density at radius 2 is 1.81 bits per heavy atom. The summed E-state index contributed by atoms with van der Waals surface area (Å²) < 4.78 is 7.29. The number of aromatic nitrogens is 2. The van der Waals surface area contributed by atoms with Crippen LogP contribution >= 0.6 is 11.6 Å². The molecule has 2 amide bonds. The first-order chi connectivity index (χ1) is 15.1. The number of rotatable bonds is 3. The summed E-state index contributed by atoms with van der Waals surface area (Å²) in [5.41, 5.74) is 3.67. The zero-order valence-corrected chi connectivity index (χ0v) is 17.8. The maximum absolute atomic E-state index is 12.7. The molecule has 1 fully saturated rings. The Bertz CT molecular complexity index is 1250. The molecule has 0 atom stereocenters. The minimum absolute atomic E-state index is 0.101. The molecule has 1 saturated heterocycles. The minimum atomic E-state index is -0.101. The van der Waals surface area contributed by atoms with E-state index in [1.807, 2.05) is 59.6 Å². The summed E-state index contributed by atoms with van der Waals surface area (Å²) in [4.78, 5) is 21.6. The van der Waals surface area contributed by atoms with E-state index in [-0.39, 0.29) is 6.03 Å². The fourth-order valence-electron chi connectivity index (χ4n) is 3.97. The zero-order chi connectivity index (χ0) is 21.4. The molecule has 1 aliphatic heterocycles. The van der Waals surface area contributed by atoms with E-state index in [0.29, 0.717) is 31.2 Å². The molecule has 2 aromatic heterocycles. The van der Waals surface area contributed by atoms with Gasteiger partial charge in [0.15, 0.2) is 5.82 Å². The number of hydrogen-bond acceptors (Lipinski definition) is 4. The largest absolute Gasteiger partial charge is 0.497 e. The van der Waals surface area contributed by atoms with E-state index in [1.54, 1.807) is 7.11 Å². The Morgan fingerprint density at radius 3 is 2.55 bits per heavy atom. The number of methoxy groups -OCH3 is 1. The number of carbonyl (C=O) groups excluding carboxylic acids is 1. The van der Waals surface area contributed by atoms with E-state index in [1.165, 1.54) is 0 Å². The van der Waals surface area contributed by atoms with Crippen molar-refractivity contribution >= 4 is 45.7 Å². The molecule has 0 unspecified atom stereocenters. The van der Waals surface area contributed by atoms with E-state index in [2.05, 4.69) is 20.7 Å². The number of fused-ring (bicyclic) bond motifs is 3. The van der Waals surface area contributed by atoms with Gasteiger partial charge in [0, 0.05) is 43.1 Å². The summed E-state index contributed by atoms with van der Waals surface area (Å²) in [6.45, 7) is 2.64. The van der Waals surface area contributed by atoms with Crippen LogP contribution < -0.4 is 15.0 Å². The van der Waals surface area contributed by atoms with Crippen molar-refractivity contribution in [2.45, 2.75) is 0 Å². The van der Waals surface area contributed by atoms with Gasteiger partial charge < -0.3 is 24.3 Å². The number of anilines is 2. The fraction of sp³-hybridized carbons (Fsp3) is 0.217. The molecule has 4 aromatic rings. The average molecular weight is 436 g/mol. The molecule has 0 radical (unpaired) electrons. The van der Waals surface area contributed by atoms with Gasteiger partial charge in [-0.25, -0.2) is 9.78 Å². The number of carbonyl (C=O) groups is 1. The van der Waals surface area contributed by atoms with Gasteiger partial charge in [0.05, 0.1) is 23.7 Å². The van der Waals surface area contributed by atoms with Gasteiger partial charge in [0.1, 0.15) is 5.75 Å². The van der Waals surface area contributed by atoms with Gasteiger partial charge in [-0.15, -0.1) is 0 Å². The number of piperazine rings is 1. The lowest BCUT2D eigenvalue weighted by Gasteiger charge is -2.35. The first-order valence-electron chi connectivity index (χ1n) is 10.1. The molecular formula is C23H22ClN5O2. The number of ether oxygens (including phenoxy) is 1. The number of halogens is 1. The third kappa shape index (κ3) is 3.72. The number of nitrogens with zero attached hydrogens (tertiary/aromatic N) is 4. The maximum atomic E-state index is 12.7. The van der Waals surface area contributed by atoms with Crippen LogP contribution in [-0.2, 0) is 0 Å². The minimum Gasteiger partial charge on any atom is -0.497 e. The summed E-state index contributed by atoms with van der Waals surface area (Å²) >= 11 is 6.20. The third-order valence-corrected chi connectivity index (χ3v) is 5.84. The molecule has 8 heteroatoms. The molecule has 0 bridgehead atoms. The van der Waals surface area contributed by atoms with Gasteiger partial charge in [0.2, 0.25) is 0 Å². The second kappa shape index (κ2) is 8.00. The van der Waals surface area contributed by atoms with E-state index in [0.717, 1.165) is 33.8 Å². The number of amides is 2. The second-order valence-corrected chi connectivity index (χ2v) is 7.90. The lowest BCUT2D eigenvalue weighted by atomic mass is 10.2.